The number of rotatable bonds is 6. The van der Waals surface area contributed by atoms with E-state index in [1.165, 1.54) is 37.8 Å². The number of nitrogens with zero attached hydrogens (tertiary/aromatic N) is 1. The summed E-state index contributed by atoms with van der Waals surface area (Å²) >= 11 is 1.17. The highest BCUT2D eigenvalue weighted by molar-refractivity contribution is 8.13. The number of nitrogens with one attached hydrogen (secondary N) is 3. The topological polar surface area (TPSA) is 147 Å². The van der Waals surface area contributed by atoms with Crippen LogP contribution in [0.5, 0.6) is 0 Å². The molecule has 2 bridgehead atoms. The Balaban J connectivity index is 1.93. The molecule has 218 valence electrons. The number of aromatic nitrogens is 1. The van der Waals surface area contributed by atoms with Gasteiger partial charge in [-0.3, -0.25) is 19.2 Å². The molecule has 0 aliphatic carbocycles. The molecule has 2 heterocycles. The second-order valence-corrected chi connectivity index (χ2v) is 10.4. The molecule has 12 heteroatoms. The van der Waals surface area contributed by atoms with Gasteiger partial charge in [-0.15, -0.1) is 0 Å². The molecule has 3 amide bonds. The van der Waals surface area contributed by atoms with Crippen LogP contribution in [0.3, 0.4) is 0 Å². The monoisotopic (exact) mass is 584 g/mol. The zero-order valence-corrected chi connectivity index (χ0v) is 23.6. The van der Waals surface area contributed by atoms with Gasteiger partial charge in [0.25, 0.3) is 11.8 Å². The number of allylic oxidation sites excluding steroid dienone is 2. The van der Waals surface area contributed by atoms with Gasteiger partial charge >= 0.3 is 0 Å². The van der Waals surface area contributed by atoms with Crippen LogP contribution in [0, 0.1) is 5.82 Å². The molecule has 1 aromatic carbocycles. The van der Waals surface area contributed by atoms with Crippen molar-refractivity contribution in [2.45, 2.75) is 58.1 Å². The summed E-state index contributed by atoms with van der Waals surface area (Å²) in [5.41, 5.74) is 0.298. The molecule has 1 aliphatic heterocycles. The van der Waals surface area contributed by atoms with Crippen LogP contribution in [0.25, 0.3) is 0 Å². The van der Waals surface area contributed by atoms with Gasteiger partial charge < -0.3 is 25.8 Å². The number of carbonyl (C=O) groups excluding carboxylic acids is 4. The van der Waals surface area contributed by atoms with Crippen LogP contribution in [-0.4, -0.2) is 57.1 Å². The van der Waals surface area contributed by atoms with Crippen molar-refractivity contribution in [1.82, 2.24) is 20.9 Å². The Labute approximate surface area is 241 Å². The van der Waals surface area contributed by atoms with Gasteiger partial charge in [-0.2, -0.15) is 0 Å². The zero-order chi connectivity index (χ0) is 29.8. The molecule has 3 atom stereocenters. The molecule has 0 saturated heterocycles. The second kappa shape index (κ2) is 15.8. The predicted octanol–water partition coefficient (Wildman–Crippen LogP) is 2.53. The van der Waals surface area contributed by atoms with Crippen molar-refractivity contribution >= 4 is 34.6 Å². The Bertz CT molecular complexity index is 1300. The van der Waals surface area contributed by atoms with Crippen LogP contribution in [0.2, 0.25) is 0 Å². The lowest BCUT2D eigenvalue weighted by molar-refractivity contribution is -0.152. The summed E-state index contributed by atoms with van der Waals surface area (Å²) in [7, 11) is 0. The fourth-order valence-electron chi connectivity index (χ4n) is 3.92. The second-order valence-electron chi connectivity index (χ2n) is 9.16. The third kappa shape index (κ3) is 10.2. The fourth-order valence-corrected chi connectivity index (χ4v) is 4.46. The van der Waals surface area contributed by atoms with Gasteiger partial charge in [-0.1, -0.05) is 60.3 Å². The number of hydrogen-bond donors (Lipinski definition) is 4. The van der Waals surface area contributed by atoms with E-state index < -0.39 is 47.7 Å². The number of fused-ring (bicyclic) bond motifs is 2. The summed E-state index contributed by atoms with van der Waals surface area (Å²) in [6.07, 6.45) is 2.79. The van der Waals surface area contributed by atoms with Crippen molar-refractivity contribution in [2.24, 2.45) is 0 Å². The van der Waals surface area contributed by atoms with Crippen molar-refractivity contribution in [3.8, 4) is 0 Å². The maximum Gasteiger partial charge on any atom is 0.277 e. The van der Waals surface area contributed by atoms with E-state index in [4.69, 9.17) is 4.74 Å². The SMILES string of the molecule is C/C=C1\NC(=O)c2nc(ccc2F)CNC(=O)C[C@@H](/C=C/CCSC(C)=O)OC(O)[C@H](Cc2ccccc2)NC1=O. The molecule has 0 spiro atoms. The lowest BCUT2D eigenvalue weighted by Gasteiger charge is -2.28. The Morgan fingerprint density at radius 1 is 1.17 bits per heavy atom. The highest BCUT2D eigenvalue weighted by Gasteiger charge is 2.28. The standard InChI is InChI=1S/C29H33FN4O6S/c1-3-23-27(37)34-24(15-19-9-5-4-6-10-19)29(39)40-21(11-7-8-14-41-18(2)35)16-25(36)31-17-20-12-13-22(30)26(32-20)28(38)33-23/h3-7,9-13,21,24,29,39H,8,14-17H2,1-2H3,(H,31,36)(H,33,38)(H,34,37)/b11-7+,23-3-/t21-,24+,29?/m1/s1. The highest BCUT2D eigenvalue weighted by Crippen LogP contribution is 2.15. The number of pyridine rings is 1. The lowest BCUT2D eigenvalue weighted by Crippen LogP contribution is -2.49. The van der Waals surface area contributed by atoms with E-state index in [0.717, 1.165) is 11.6 Å². The molecule has 1 aromatic heterocycles. The van der Waals surface area contributed by atoms with Crippen LogP contribution in [0.15, 0.2) is 66.4 Å². The van der Waals surface area contributed by atoms with Crippen LogP contribution >= 0.6 is 11.8 Å². The summed E-state index contributed by atoms with van der Waals surface area (Å²) in [6.45, 7) is 2.90. The van der Waals surface area contributed by atoms with E-state index in [-0.39, 0.29) is 35.9 Å². The summed E-state index contributed by atoms with van der Waals surface area (Å²) in [4.78, 5) is 54.0. The van der Waals surface area contributed by atoms with Crippen LogP contribution < -0.4 is 16.0 Å². The summed E-state index contributed by atoms with van der Waals surface area (Å²) in [6, 6.07) is 10.5. The Kier molecular flexibility index (Phi) is 12.2. The van der Waals surface area contributed by atoms with Gasteiger partial charge in [0, 0.05) is 12.7 Å². The number of ether oxygens (including phenoxy) is 1. The number of aliphatic hydroxyl groups is 1. The Hall–Kier alpha value is -3.87. The van der Waals surface area contributed by atoms with E-state index in [0.29, 0.717) is 12.2 Å². The molecule has 0 saturated carbocycles. The van der Waals surface area contributed by atoms with Crippen molar-refractivity contribution < 1.29 is 33.4 Å². The quantitative estimate of drug-likeness (QED) is 0.230. The Morgan fingerprint density at radius 2 is 1.93 bits per heavy atom. The van der Waals surface area contributed by atoms with E-state index >= 15 is 0 Å². The third-order valence-corrected chi connectivity index (χ3v) is 6.81. The van der Waals surface area contributed by atoms with Gasteiger partial charge in [0.1, 0.15) is 5.70 Å². The van der Waals surface area contributed by atoms with Gasteiger partial charge in [-0.05, 0) is 37.5 Å². The minimum Gasteiger partial charge on any atom is -0.366 e. The number of benzene rings is 1. The number of aliphatic hydroxyl groups excluding tert-OH is 1. The summed E-state index contributed by atoms with van der Waals surface area (Å²) < 4.78 is 20.3. The van der Waals surface area contributed by atoms with E-state index in [9.17, 15) is 28.7 Å². The smallest absolute Gasteiger partial charge is 0.277 e. The first kappa shape index (κ1) is 31.7. The van der Waals surface area contributed by atoms with Crippen LogP contribution in [-0.2, 0) is 32.1 Å². The summed E-state index contributed by atoms with van der Waals surface area (Å²) in [5, 5.41) is 18.8. The normalized spacial score (nSPS) is 21.8. The largest absolute Gasteiger partial charge is 0.366 e. The molecule has 1 unspecified atom stereocenters. The van der Waals surface area contributed by atoms with Crippen molar-refractivity contribution in [3.05, 3.63) is 89.2 Å². The molecule has 0 fully saturated rings. The molecule has 0 radical (unpaired) electrons. The minimum atomic E-state index is -1.55. The molecular formula is C29H33FN4O6S. The zero-order valence-electron chi connectivity index (χ0n) is 22.8. The number of carbonyl (C=O) groups is 4. The minimum absolute atomic E-state index is 0.0112. The summed E-state index contributed by atoms with van der Waals surface area (Å²) in [5.74, 6) is -2.49. The van der Waals surface area contributed by atoms with E-state index in [2.05, 4.69) is 20.9 Å². The molecule has 2 aromatic rings. The third-order valence-electron chi connectivity index (χ3n) is 5.97. The molecule has 41 heavy (non-hydrogen) atoms. The maximum atomic E-state index is 14.5. The number of halogens is 1. The average Bonchev–Trinajstić information content (AvgIpc) is 2.94. The highest BCUT2D eigenvalue weighted by atomic mass is 32.2. The first-order valence-corrected chi connectivity index (χ1v) is 14.0. The number of amides is 3. The van der Waals surface area contributed by atoms with E-state index in [1.54, 1.807) is 12.2 Å². The van der Waals surface area contributed by atoms with Gasteiger partial charge in [0.2, 0.25) is 5.91 Å². The average molecular weight is 585 g/mol. The molecule has 4 N–H and O–H groups in total. The van der Waals surface area contributed by atoms with Gasteiger partial charge in [0.15, 0.2) is 22.9 Å². The Morgan fingerprint density at radius 3 is 2.63 bits per heavy atom. The number of thioether (sulfide) groups is 1. The fraction of sp³-hybridized carbons (Fsp3) is 0.345. The van der Waals surface area contributed by atoms with E-state index in [1.807, 2.05) is 30.3 Å². The lowest BCUT2D eigenvalue weighted by atomic mass is 10.0. The van der Waals surface area contributed by atoms with Gasteiger partial charge in [0.05, 0.1) is 30.8 Å². The molecular weight excluding hydrogens is 551 g/mol. The van der Waals surface area contributed by atoms with Crippen molar-refractivity contribution in [3.63, 3.8) is 0 Å². The van der Waals surface area contributed by atoms with Crippen LogP contribution in [0.4, 0.5) is 4.39 Å². The van der Waals surface area contributed by atoms with Crippen molar-refractivity contribution in [2.75, 3.05) is 5.75 Å². The van der Waals surface area contributed by atoms with Crippen LogP contribution in [0.1, 0.15) is 48.4 Å². The maximum absolute atomic E-state index is 14.5. The first-order chi connectivity index (χ1) is 19.7. The first-order valence-electron chi connectivity index (χ1n) is 13.0. The molecule has 1 aliphatic rings. The molecule has 10 nitrogen and oxygen atoms in total. The van der Waals surface area contributed by atoms with Gasteiger partial charge in [-0.25, -0.2) is 9.37 Å². The molecule has 3 rings (SSSR count). The predicted molar refractivity (Wildman–Crippen MR) is 152 cm³/mol. The number of hydrogen-bond acceptors (Lipinski definition) is 8. The van der Waals surface area contributed by atoms with Crippen molar-refractivity contribution in [1.29, 1.82) is 0 Å².